The van der Waals surface area contributed by atoms with Gasteiger partial charge < -0.3 is 4.74 Å². The molecule has 1 heterocycles. The first kappa shape index (κ1) is 14.8. The van der Waals surface area contributed by atoms with E-state index in [9.17, 15) is 5.26 Å². The average Bonchev–Trinajstić information content (AvgIpc) is 3.28. The highest BCUT2D eigenvalue weighted by Gasteiger charge is 2.46. The Balaban J connectivity index is 1.97. The summed E-state index contributed by atoms with van der Waals surface area (Å²) < 4.78 is 5.48. The highest BCUT2D eigenvalue weighted by atomic mass is 16.5. The minimum Gasteiger partial charge on any atom is -0.380 e. The summed E-state index contributed by atoms with van der Waals surface area (Å²) in [5.74, 6) is 0.548. The van der Waals surface area contributed by atoms with Crippen molar-refractivity contribution in [3.8, 4) is 6.07 Å². The fraction of sp³-hybridized carbons (Fsp3) is 0.933. The Bertz CT molecular complexity index is 324. The number of nitrogens with zero attached hydrogens (tertiary/aromatic N) is 2. The lowest BCUT2D eigenvalue weighted by Crippen LogP contribution is -2.56. The van der Waals surface area contributed by atoms with Crippen LogP contribution in [0.5, 0.6) is 0 Å². The predicted molar refractivity (Wildman–Crippen MR) is 75.8 cm³/mol. The number of ether oxygens (including phenoxy) is 1. The van der Waals surface area contributed by atoms with E-state index in [0.717, 1.165) is 39.0 Å². The van der Waals surface area contributed by atoms with E-state index in [-0.39, 0.29) is 5.54 Å². The van der Waals surface area contributed by atoms with Crippen molar-refractivity contribution in [3.63, 3.8) is 0 Å². The van der Waals surface area contributed by atoms with Crippen molar-refractivity contribution >= 4 is 0 Å². The molecule has 1 N–H and O–H groups in total. The molecule has 0 amide bonds. The van der Waals surface area contributed by atoms with Gasteiger partial charge in [0.1, 0.15) is 5.54 Å². The molecule has 1 aliphatic carbocycles. The van der Waals surface area contributed by atoms with Crippen molar-refractivity contribution in [2.45, 2.75) is 50.7 Å². The second-order valence-corrected chi connectivity index (χ2v) is 6.02. The molecule has 1 aliphatic heterocycles. The summed E-state index contributed by atoms with van der Waals surface area (Å²) in [7, 11) is 1.79. The van der Waals surface area contributed by atoms with Crippen LogP contribution in [0.3, 0.4) is 0 Å². The highest BCUT2D eigenvalue weighted by molar-refractivity contribution is 5.16. The maximum absolute atomic E-state index is 9.70. The van der Waals surface area contributed by atoms with E-state index in [0.29, 0.717) is 12.0 Å². The summed E-state index contributed by atoms with van der Waals surface area (Å²) in [6.07, 6.45) is 6.15. The Labute approximate surface area is 117 Å². The fourth-order valence-corrected chi connectivity index (χ4v) is 3.12. The van der Waals surface area contributed by atoms with Crippen molar-refractivity contribution in [2.24, 2.45) is 5.92 Å². The van der Waals surface area contributed by atoms with Crippen LogP contribution in [0.2, 0.25) is 0 Å². The summed E-state index contributed by atoms with van der Waals surface area (Å²) in [5, 5.41) is 13.2. The van der Waals surface area contributed by atoms with Crippen LogP contribution in [0.25, 0.3) is 0 Å². The maximum atomic E-state index is 9.70. The zero-order chi connectivity index (χ0) is 13.7. The third-order valence-electron chi connectivity index (χ3n) is 4.43. The van der Waals surface area contributed by atoms with Crippen LogP contribution >= 0.6 is 0 Å². The second-order valence-electron chi connectivity index (χ2n) is 6.02. The molecule has 2 rings (SSSR count). The van der Waals surface area contributed by atoms with Gasteiger partial charge in [0.25, 0.3) is 0 Å². The van der Waals surface area contributed by atoms with Gasteiger partial charge in [-0.1, -0.05) is 6.92 Å². The van der Waals surface area contributed by atoms with Crippen molar-refractivity contribution in [1.82, 2.24) is 10.2 Å². The molecule has 4 heteroatoms. The van der Waals surface area contributed by atoms with E-state index < -0.39 is 0 Å². The average molecular weight is 265 g/mol. The normalized spacial score (nSPS) is 27.7. The van der Waals surface area contributed by atoms with Gasteiger partial charge in [0.05, 0.1) is 12.2 Å². The molecule has 2 aliphatic rings. The van der Waals surface area contributed by atoms with Crippen molar-refractivity contribution < 1.29 is 4.74 Å². The Hall–Kier alpha value is -0.630. The lowest BCUT2D eigenvalue weighted by molar-refractivity contribution is 0.0228. The molecule has 2 atom stereocenters. The van der Waals surface area contributed by atoms with E-state index in [2.05, 4.69) is 23.2 Å². The van der Waals surface area contributed by atoms with Gasteiger partial charge >= 0.3 is 0 Å². The first-order chi connectivity index (χ1) is 9.24. The molecule has 2 fully saturated rings. The first-order valence-corrected chi connectivity index (χ1v) is 7.65. The molecule has 1 saturated heterocycles. The van der Waals surface area contributed by atoms with Gasteiger partial charge in [-0.3, -0.25) is 10.2 Å². The molecular weight excluding hydrogens is 238 g/mol. The molecule has 0 aromatic carbocycles. The van der Waals surface area contributed by atoms with Crippen LogP contribution in [0.15, 0.2) is 0 Å². The van der Waals surface area contributed by atoms with Crippen LogP contribution in [-0.2, 0) is 4.74 Å². The van der Waals surface area contributed by atoms with Gasteiger partial charge in [0.15, 0.2) is 0 Å². The van der Waals surface area contributed by atoms with Gasteiger partial charge in [-0.2, -0.15) is 5.26 Å². The van der Waals surface area contributed by atoms with Gasteiger partial charge in [-0.15, -0.1) is 0 Å². The molecule has 0 radical (unpaired) electrons. The smallest absolute Gasteiger partial charge is 0.122 e. The van der Waals surface area contributed by atoms with E-state index in [4.69, 9.17) is 4.74 Å². The molecular formula is C15H27N3O. The maximum Gasteiger partial charge on any atom is 0.122 e. The Kier molecular flexibility index (Phi) is 5.20. The zero-order valence-electron chi connectivity index (χ0n) is 12.3. The van der Waals surface area contributed by atoms with E-state index in [1.54, 1.807) is 7.11 Å². The summed E-state index contributed by atoms with van der Waals surface area (Å²) in [4.78, 5) is 2.42. The van der Waals surface area contributed by atoms with Gasteiger partial charge in [0.2, 0.25) is 0 Å². The quantitative estimate of drug-likeness (QED) is 0.762. The Morgan fingerprint density at radius 1 is 1.42 bits per heavy atom. The molecule has 1 saturated carbocycles. The van der Waals surface area contributed by atoms with E-state index in [1.165, 1.54) is 19.3 Å². The van der Waals surface area contributed by atoms with Crippen LogP contribution in [0.4, 0.5) is 0 Å². The van der Waals surface area contributed by atoms with E-state index in [1.807, 2.05) is 0 Å². The predicted octanol–water partition coefficient (Wildman–Crippen LogP) is 1.77. The topological polar surface area (TPSA) is 48.3 Å². The summed E-state index contributed by atoms with van der Waals surface area (Å²) in [6, 6.07) is 2.60. The molecule has 0 bridgehead atoms. The number of methoxy groups -OCH3 is 1. The molecule has 2 unspecified atom stereocenters. The zero-order valence-corrected chi connectivity index (χ0v) is 12.3. The Morgan fingerprint density at radius 3 is 2.79 bits per heavy atom. The summed E-state index contributed by atoms with van der Waals surface area (Å²) >= 11 is 0. The second kappa shape index (κ2) is 6.69. The number of nitrogens with one attached hydrogen (secondary N) is 1. The summed E-state index contributed by atoms with van der Waals surface area (Å²) in [6.45, 7) is 6.02. The summed E-state index contributed by atoms with van der Waals surface area (Å²) in [5.41, 5.74) is -0.328. The molecule has 19 heavy (non-hydrogen) atoms. The first-order valence-electron chi connectivity index (χ1n) is 7.65. The van der Waals surface area contributed by atoms with Crippen LogP contribution in [0, 0.1) is 17.2 Å². The SMILES string of the molecule is CCCNC(C#N)(CN1CCCC(OC)C1)C1CC1. The largest absolute Gasteiger partial charge is 0.380 e. The molecule has 4 nitrogen and oxygen atoms in total. The molecule has 0 aromatic heterocycles. The number of hydrogen-bond acceptors (Lipinski definition) is 4. The van der Waals surface area contributed by atoms with Crippen LogP contribution in [-0.4, -0.2) is 49.8 Å². The number of nitriles is 1. The third-order valence-corrected chi connectivity index (χ3v) is 4.43. The van der Waals surface area contributed by atoms with Gasteiger partial charge in [0, 0.05) is 20.2 Å². The lowest BCUT2D eigenvalue weighted by atomic mass is 9.92. The number of rotatable bonds is 7. The van der Waals surface area contributed by atoms with Crippen molar-refractivity contribution in [3.05, 3.63) is 0 Å². The third kappa shape index (κ3) is 3.68. The highest BCUT2D eigenvalue weighted by Crippen LogP contribution is 2.40. The van der Waals surface area contributed by atoms with Crippen molar-refractivity contribution in [2.75, 3.05) is 33.3 Å². The molecule has 0 aromatic rings. The fourth-order valence-electron chi connectivity index (χ4n) is 3.12. The van der Waals surface area contributed by atoms with Crippen molar-refractivity contribution in [1.29, 1.82) is 5.26 Å². The van der Waals surface area contributed by atoms with Crippen LogP contribution < -0.4 is 5.32 Å². The minimum absolute atomic E-state index is 0.328. The monoisotopic (exact) mass is 265 g/mol. The minimum atomic E-state index is -0.328. The van der Waals surface area contributed by atoms with Gasteiger partial charge in [-0.25, -0.2) is 0 Å². The molecule has 108 valence electrons. The van der Waals surface area contributed by atoms with Crippen LogP contribution in [0.1, 0.15) is 39.0 Å². The molecule has 0 spiro atoms. The number of hydrogen-bond donors (Lipinski definition) is 1. The van der Waals surface area contributed by atoms with E-state index >= 15 is 0 Å². The van der Waals surface area contributed by atoms with Gasteiger partial charge in [-0.05, 0) is 51.1 Å². The lowest BCUT2D eigenvalue weighted by Gasteiger charge is -2.38. The Morgan fingerprint density at radius 2 is 2.21 bits per heavy atom. The number of piperidine rings is 1. The number of likely N-dealkylation sites (tertiary alicyclic amines) is 1. The standard InChI is InChI=1S/C15H27N3O/c1-3-8-17-15(11-16,13-6-7-13)12-18-9-4-5-14(10-18)19-2/h13-14,17H,3-10,12H2,1-2H3.